The van der Waals surface area contributed by atoms with E-state index in [1.807, 2.05) is 6.07 Å². The van der Waals surface area contributed by atoms with Crippen LogP contribution in [0.2, 0.25) is 0 Å². The zero-order chi connectivity index (χ0) is 13.1. The van der Waals surface area contributed by atoms with Crippen LogP contribution in [0.1, 0.15) is 11.1 Å². The van der Waals surface area contributed by atoms with Crippen molar-refractivity contribution in [3.63, 3.8) is 0 Å². The number of nitrogens with one attached hydrogen (secondary N) is 1. The molecule has 1 heterocycles. The highest BCUT2D eigenvalue weighted by Gasteiger charge is 2.25. The predicted octanol–water partition coefficient (Wildman–Crippen LogP) is 0.638. The molecule has 0 aromatic heterocycles. The SMILES string of the molecule is N#Cc1ccccc1CN1C(Cl)=CC(O)NC1O. The highest BCUT2D eigenvalue weighted by molar-refractivity contribution is 6.29. The van der Waals surface area contributed by atoms with Gasteiger partial charge in [-0.25, -0.2) is 5.32 Å². The molecule has 1 aromatic carbocycles. The monoisotopic (exact) mass is 265 g/mol. The second kappa shape index (κ2) is 5.38. The fourth-order valence-corrected chi connectivity index (χ4v) is 2.02. The van der Waals surface area contributed by atoms with E-state index in [1.165, 1.54) is 11.0 Å². The minimum absolute atomic E-state index is 0.237. The van der Waals surface area contributed by atoms with Gasteiger partial charge in [0.05, 0.1) is 11.6 Å². The van der Waals surface area contributed by atoms with Crippen LogP contribution in [0, 0.1) is 11.3 Å². The summed E-state index contributed by atoms with van der Waals surface area (Å²) in [6.45, 7) is 0.278. The largest absolute Gasteiger partial charge is 0.375 e. The third kappa shape index (κ3) is 2.63. The lowest BCUT2D eigenvalue weighted by Crippen LogP contribution is -2.51. The topological polar surface area (TPSA) is 79.5 Å². The van der Waals surface area contributed by atoms with Gasteiger partial charge in [-0.05, 0) is 17.7 Å². The highest BCUT2D eigenvalue weighted by atomic mass is 35.5. The van der Waals surface area contributed by atoms with Crippen LogP contribution in [-0.2, 0) is 6.54 Å². The molecular formula is C12H12ClN3O2. The second-order valence-corrected chi connectivity index (χ2v) is 4.26. The maximum absolute atomic E-state index is 9.78. The van der Waals surface area contributed by atoms with Crippen molar-refractivity contribution in [1.29, 1.82) is 5.26 Å². The summed E-state index contributed by atoms with van der Waals surface area (Å²) in [6, 6.07) is 9.16. The molecule has 1 aliphatic rings. The molecule has 0 spiro atoms. The van der Waals surface area contributed by atoms with E-state index >= 15 is 0 Å². The summed E-state index contributed by atoms with van der Waals surface area (Å²) in [6.07, 6.45) is -0.692. The Morgan fingerprint density at radius 3 is 2.78 bits per heavy atom. The Balaban J connectivity index is 2.24. The van der Waals surface area contributed by atoms with Crippen molar-refractivity contribution < 1.29 is 10.2 Å². The van der Waals surface area contributed by atoms with Crippen LogP contribution in [0.25, 0.3) is 0 Å². The number of aliphatic hydroxyl groups is 2. The van der Waals surface area contributed by atoms with Crippen LogP contribution in [-0.4, -0.2) is 27.7 Å². The molecular weight excluding hydrogens is 254 g/mol. The Morgan fingerprint density at radius 1 is 1.39 bits per heavy atom. The number of benzene rings is 1. The molecule has 0 saturated carbocycles. The van der Waals surface area contributed by atoms with E-state index in [4.69, 9.17) is 16.9 Å². The van der Waals surface area contributed by atoms with Crippen LogP contribution in [0.15, 0.2) is 35.5 Å². The van der Waals surface area contributed by atoms with Gasteiger partial charge < -0.3 is 15.1 Å². The van der Waals surface area contributed by atoms with Crippen LogP contribution in [0.3, 0.4) is 0 Å². The van der Waals surface area contributed by atoms with Crippen LogP contribution in [0.4, 0.5) is 0 Å². The first kappa shape index (κ1) is 12.9. The summed E-state index contributed by atoms with van der Waals surface area (Å²) < 4.78 is 0. The summed E-state index contributed by atoms with van der Waals surface area (Å²) in [5.74, 6) is 0. The van der Waals surface area contributed by atoms with Gasteiger partial charge >= 0.3 is 0 Å². The summed E-state index contributed by atoms with van der Waals surface area (Å²) in [5.41, 5.74) is 1.28. The van der Waals surface area contributed by atoms with E-state index in [0.29, 0.717) is 5.56 Å². The Kier molecular flexibility index (Phi) is 3.84. The van der Waals surface area contributed by atoms with E-state index in [0.717, 1.165) is 5.56 Å². The molecule has 0 radical (unpaired) electrons. The molecule has 0 bridgehead atoms. The van der Waals surface area contributed by atoms with Gasteiger partial charge in [-0.1, -0.05) is 29.8 Å². The maximum Gasteiger partial charge on any atom is 0.187 e. The molecule has 6 heteroatoms. The van der Waals surface area contributed by atoms with E-state index in [9.17, 15) is 10.2 Å². The van der Waals surface area contributed by atoms with Crippen molar-refractivity contribution in [3.8, 4) is 6.07 Å². The molecule has 18 heavy (non-hydrogen) atoms. The fourth-order valence-electron chi connectivity index (χ4n) is 1.75. The zero-order valence-electron chi connectivity index (χ0n) is 9.42. The predicted molar refractivity (Wildman–Crippen MR) is 65.8 cm³/mol. The van der Waals surface area contributed by atoms with E-state index in [-0.39, 0.29) is 11.7 Å². The summed E-state index contributed by atoms with van der Waals surface area (Å²) in [7, 11) is 0. The standard InChI is InChI=1S/C12H12ClN3O2/c13-10-5-11(17)15-12(18)16(10)7-9-4-2-1-3-8(9)6-14/h1-5,11-12,15,17-18H,7H2. The molecule has 5 nitrogen and oxygen atoms in total. The molecule has 0 aliphatic carbocycles. The number of rotatable bonds is 2. The first-order valence-electron chi connectivity index (χ1n) is 5.36. The fraction of sp³-hybridized carbons (Fsp3) is 0.250. The van der Waals surface area contributed by atoms with Crippen molar-refractivity contribution in [3.05, 3.63) is 46.6 Å². The number of nitrogens with zero attached hydrogens (tertiary/aromatic N) is 2. The average Bonchev–Trinajstić information content (AvgIpc) is 2.34. The number of aliphatic hydroxyl groups excluding tert-OH is 2. The molecule has 1 aromatic rings. The van der Waals surface area contributed by atoms with E-state index in [1.54, 1.807) is 18.2 Å². The number of halogens is 1. The van der Waals surface area contributed by atoms with Crippen molar-refractivity contribution in [2.75, 3.05) is 0 Å². The average molecular weight is 266 g/mol. The normalized spacial score (nSPS) is 23.4. The molecule has 2 rings (SSSR count). The van der Waals surface area contributed by atoms with Gasteiger partial charge in [0.25, 0.3) is 0 Å². The van der Waals surface area contributed by atoms with Gasteiger partial charge in [-0.2, -0.15) is 5.26 Å². The van der Waals surface area contributed by atoms with E-state index < -0.39 is 12.6 Å². The number of nitriles is 1. The number of hydrogen-bond donors (Lipinski definition) is 3. The van der Waals surface area contributed by atoms with Crippen molar-refractivity contribution >= 4 is 11.6 Å². The Labute approximate surface area is 110 Å². The second-order valence-electron chi connectivity index (χ2n) is 3.87. The number of hydrogen-bond acceptors (Lipinski definition) is 5. The van der Waals surface area contributed by atoms with Crippen molar-refractivity contribution in [1.82, 2.24) is 10.2 Å². The molecule has 2 atom stereocenters. The van der Waals surface area contributed by atoms with Crippen LogP contribution >= 0.6 is 11.6 Å². The lowest BCUT2D eigenvalue weighted by molar-refractivity contribution is -0.0450. The quantitative estimate of drug-likeness (QED) is 0.684. The Morgan fingerprint density at radius 2 is 2.11 bits per heavy atom. The molecule has 2 unspecified atom stereocenters. The van der Waals surface area contributed by atoms with Crippen molar-refractivity contribution in [2.24, 2.45) is 0 Å². The van der Waals surface area contributed by atoms with Gasteiger partial charge in [-0.3, -0.25) is 0 Å². The van der Waals surface area contributed by atoms with Gasteiger partial charge in [0.15, 0.2) is 6.35 Å². The molecule has 1 aliphatic heterocycles. The van der Waals surface area contributed by atoms with Gasteiger partial charge in [-0.15, -0.1) is 0 Å². The first-order valence-corrected chi connectivity index (χ1v) is 5.74. The smallest absolute Gasteiger partial charge is 0.187 e. The van der Waals surface area contributed by atoms with Crippen LogP contribution in [0.5, 0.6) is 0 Å². The summed E-state index contributed by atoms with van der Waals surface area (Å²) in [4.78, 5) is 1.45. The Bertz CT molecular complexity index is 512. The van der Waals surface area contributed by atoms with Gasteiger partial charge in [0, 0.05) is 6.54 Å². The highest BCUT2D eigenvalue weighted by Crippen LogP contribution is 2.21. The molecule has 3 N–H and O–H groups in total. The zero-order valence-corrected chi connectivity index (χ0v) is 10.2. The molecule has 0 fully saturated rings. The van der Waals surface area contributed by atoms with Gasteiger partial charge in [0.1, 0.15) is 11.4 Å². The molecule has 0 amide bonds. The van der Waals surface area contributed by atoms with E-state index in [2.05, 4.69) is 11.4 Å². The van der Waals surface area contributed by atoms with Crippen molar-refractivity contribution in [2.45, 2.75) is 19.1 Å². The first-order chi connectivity index (χ1) is 8.61. The third-order valence-electron chi connectivity index (χ3n) is 2.66. The molecule has 94 valence electrons. The minimum Gasteiger partial charge on any atom is -0.375 e. The summed E-state index contributed by atoms with van der Waals surface area (Å²) in [5, 5.41) is 30.8. The third-order valence-corrected chi connectivity index (χ3v) is 3.01. The van der Waals surface area contributed by atoms with Crippen LogP contribution < -0.4 is 5.32 Å². The lowest BCUT2D eigenvalue weighted by atomic mass is 10.1. The minimum atomic E-state index is -1.09. The van der Waals surface area contributed by atoms with Gasteiger partial charge in [0.2, 0.25) is 0 Å². The summed E-state index contributed by atoms with van der Waals surface area (Å²) >= 11 is 5.96. The Hall–Kier alpha value is -1.58. The maximum atomic E-state index is 9.78. The molecule has 0 saturated heterocycles. The lowest BCUT2D eigenvalue weighted by Gasteiger charge is -2.35.